The van der Waals surface area contributed by atoms with Crippen molar-refractivity contribution in [1.29, 1.82) is 0 Å². The standard InChI is InChI=1S/C53H37N5/c1-34-21-28-46-44(31-34)43-27-30-48-49(50(43)57(46)42-19-10-5-11-20-42)45-32-35(2)22-29-47(45)58(48)53-55-51(38-15-8-4-9-16-38)54-52(56-53)39-25-23-37(24-26-39)41-18-12-17-40(33-41)36-13-6-3-7-14-36/h3-33H,1-2H3. The second kappa shape index (κ2) is 13.5. The normalized spacial score (nSPS) is 11.6. The molecular weight excluding hydrogens is 707 g/mol. The van der Waals surface area contributed by atoms with Gasteiger partial charge in [0.1, 0.15) is 0 Å². The predicted molar refractivity (Wildman–Crippen MR) is 240 cm³/mol. The summed E-state index contributed by atoms with van der Waals surface area (Å²) in [6.07, 6.45) is 0. The Labute approximate surface area is 336 Å². The molecule has 0 aliphatic rings. The van der Waals surface area contributed by atoms with Crippen molar-refractivity contribution in [2.75, 3.05) is 0 Å². The molecule has 3 heterocycles. The van der Waals surface area contributed by atoms with E-state index in [2.05, 4.69) is 193 Å². The van der Waals surface area contributed by atoms with E-state index in [0.717, 1.165) is 44.4 Å². The monoisotopic (exact) mass is 743 g/mol. The molecule has 0 radical (unpaired) electrons. The molecule has 0 fully saturated rings. The van der Waals surface area contributed by atoms with Gasteiger partial charge >= 0.3 is 0 Å². The summed E-state index contributed by atoms with van der Waals surface area (Å²) in [4.78, 5) is 15.7. The fraction of sp³-hybridized carbons (Fsp3) is 0.0377. The van der Waals surface area contributed by atoms with E-state index in [0.29, 0.717) is 17.6 Å². The molecule has 0 saturated heterocycles. The maximum Gasteiger partial charge on any atom is 0.238 e. The second-order valence-electron chi connectivity index (χ2n) is 15.1. The van der Waals surface area contributed by atoms with Crippen LogP contribution in [-0.4, -0.2) is 24.1 Å². The molecule has 8 aromatic carbocycles. The first kappa shape index (κ1) is 33.7. The Bertz CT molecular complexity index is 3330. The van der Waals surface area contributed by atoms with Gasteiger partial charge in [0.2, 0.25) is 5.95 Å². The van der Waals surface area contributed by atoms with Gasteiger partial charge < -0.3 is 4.57 Å². The molecule has 0 bridgehead atoms. The summed E-state index contributed by atoms with van der Waals surface area (Å²) >= 11 is 0. The van der Waals surface area contributed by atoms with Crippen molar-refractivity contribution in [1.82, 2.24) is 24.1 Å². The van der Waals surface area contributed by atoms with Crippen LogP contribution < -0.4 is 0 Å². The third kappa shape index (κ3) is 5.59. The molecule has 0 unspecified atom stereocenters. The Balaban J connectivity index is 1.14. The predicted octanol–water partition coefficient (Wildman–Crippen LogP) is 13.4. The van der Waals surface area contributed by atoms with Crippen molar-refractivity contribution in [3.8, 4) is 56.7 Å². The number of hydrogen-bond donors (Lipinski definition) is 0. The van der Waals surface area contributed by atoms with E-state index in [1.807, 2.05) is 18.2 Å². The van der Waals surface area contributed by atoms with Crippen LogP contribution >= 0.6 is 0 Å². The average Bonchev–Trinajstić information content (AvgIpc) is 3.79. The highest BCUT2D eigenvalue weighted by Crippen LogP contribution is 2.42. The first-order chi connectivity index (χ1) is 28.6. The number of rotatable bonds is 6. The van der Waals surface area contributed by atoms with Crippen LogP contribution in [0.1, 0.15) is 11.1 Å². The van der Waals surface area contributed by atoms with Gasteiger partial charge in [0.05, 0.1) is 22.1 Å². The van der Waals surface area contributed by atoms with Gasteiger partial charge in [-0.05, 0) is 84.6 Å². The number of nitrogens with zero attached hydrogens (tertiary/aromatic N) is 5. The molecule has 58 heavy (non-hydrogen) atoms. The lowest BCUT2D eigenvalue weighted by atomic mass is 9.98. The fourth-order valence-electron chi connectivity index (χ4n) is 8.53. The summed E-state index contributed by atoms with van der Waals surface area (Å²) in [7, 11) is 0. The van der Waals surface area contributed by atoms with Crippen LogP contribution in [0, 0.1) is 13.8 Å². The van der Waals surface area contributed by atoms with E-state index in [1.54, 1.807) is 0 Å². The Kier molecular flexibility index (Phi) is 7.86. The lowest BCUT2D eigenvalue weighted by molar-refractivity contribution is 0.953. The Hall–Kier alpha value is -7.63. The van der Waals surface area contributed by atoms with E-state index in [-0.39, 0.29) is 0 Å². The minimum atomic E-state index is 0.574. The van der Waals surface area contributed by atoms with Crippen LogP contribution in [0.4, 0.5) is 0 Å². The fourth-order valence-corrected chi connectivity index (χ4v) is 8.53. The van der Waals surface area contributed by atoms with Gasteiger partial charge in [-0.2, -0.15) is 9.97 Å². The molecule has 0 atom stereocenters. The van der Waals surface area contributed by atoms with Crippen LogP contribution in [0.3, 0.4) is 0 Å². The van der Waals surface area contributed by atoms with Crippen LogP contribution in [0.15, 0.2) is 188 Å². The summed E-state index contributed by atoms with van der Waals surface area (Å²) in [5.74, 6) is 1.81. The van der Waals surface area contributed by atoms with E-state index in [9.17, 15) is 0 Å². The highest BCUT2D eigenvalue weighted by atomic mass is 15.2. The van der Waals surface area contributed by atoms with Crippen molar-refractivity contribution in [2.45, 2.75) is 13.8 Å². The SMILES string of the molecule is Cc1ccc2c(c1)c1c(ccc3c4cc(C)ccc4n(-c4ccccc4)c31)n2-c1nc(-c2ccccc2)nc(-c2ccc(-c3cccc(-c4ccccc4)c3)cc2)n1. The summed E-state index contributed by atoms with van der Waals surface area (Å²) in [6, 6.07) is 66.6. The zero-order valence-corrected chi connectivity index (χ0v) is 32.1. The van der Waals surface area contributed by atoms with Crippen molar-refractivity contribution in [2.24, 2.45) is 0 Å². The Morgan fingerprint density at radius 2 is 0.845 bits per heavy atom. The number of aromatic nitrogens is 5. The van der Waals surface area contributed by atoms with Crippen LogP contribution in [0.5, 0.6) is 0 Å². The van der Waals surface area contributed by atoms with Crippen LogP contribution in [0.2, 0.25) is 0 Å². The minimum absolute atomic E-state index is 0.574. The first-order valence-corrected chi connectivity index (χ1v) is 19.7. The number of benzene rings is 8. The zero-order valence-electron chi connectivity index (χ0n) is 32.1. The van der Waals surface area contributed by atoms with Gasteiger partial charge in [0, 0.05) is 38.4 Å². The van der Waals surface area contributed by atoms with E-state index in [1.165, 1.54) is 49.4 Å². The quantitative estimate of drug-likeness (QED) is 0.170. The average molecular weight is 744 g/mol. The number of fused-ring (bicyclic) bond motifs is 7. The molecule has 0 saturated carbocycles. The highest BCUT2D eigenvalue weighted by molar-refractivity contribution is 6.26. The second-order valence-corrected chi connectivity index (χ2v) is 15.1. The summed E-state index contributed by atoms with van der Waals surface area (Å²) in [5, 5.41) is 4.77. The molecule has 3 aromatic heterocycles. The zero-order chi connectivity index (χ0) is 38.7. The molecule has 274 valence electrons. The summed E-state index contributed by atoms with van der Waals surface area (Å²) in [5.41, 5.74) is 14.5. The number of aryl methyl sites for hydroxylation is 2. The third-order valence-corrected chi connectivity index (χ3v) is 11.3. The van der Waals surface area contributed by atoms with Crippen LogP contribution in [-0.2, 0) is 0 Å². The minimum Gasteiger partial charge on any atom is -0.309 e. The summed E-state index contributed by atoms with van der Waals surface area (Å²) < 4.78 is 4.65. The van der Waals surface area contributed by atoms with Gasteiger partial charge in [-0.1, -0.05) is 151 Å². The Morgan fingerprint density at radius 3 is 1.50 bits per heavy atom. The topological polar surface area (TPSA) is 48.5 Å². The van der Waals surface area contributed by atoms with E-state index < -0.39 is 0 Å². The molecule has 5 nitrogen and oxygen atoms in total. The smallest absolute Gasteiger partial charge is 0.238 e. The maximum absolute atomic E-state index is 5.30. The molecule has 11 rings (SSSR count). The first-order valence-electron chi connectivity index (χ1n) is 19.7. The molecule has 0 amide bonds. The number of para-hydroxylation sites is 1. The molecule has 0 aliphatic carbocycles. The van der Waals surface area contributed by atoms with Gasteiger partial charge in [0.25, 0.3) is 0 Å². The Morgan fingerprint density at radius 1 is 0.345 bits per heavy atom. The number of hydrogen-bond acceptors (Lipinski definition) is 3. The third-order valence-electron chi connectivity index (χ3n) is 11.3. The molecule has 11 aromatic rings. The molecule has 5 heteroatoms. The largest absolute Gasteiger partial charge is 0.309 e. The van der Waals surface area contributed by atoms with Crippen molar-refractivity contribution < 1.29 is 0 Å². The lowest BCUT2D eigenvalue weighted by Crippen LogP contribution is -2.06. The van der Waals surface area contributed by atoms with Crippen LogP contribution in [0.25, 0.3) is 100 Å². The van der Waals surface area contributed by atoms with Crippen molar-refractivity contribution in [3.05, 3.63) is 199 Å². The lowest BCUT2D eigenvalue weighted by Gasteiger charge is -2.12. The molecule has 0 N–H and O–H groups in total. The molecule has 0 aliphatic heterocycles. The summed E-state index contributed by atoms with van der Waals surface area (Å²) in [6.45, 7) is 4.33. The van der Waals surface area contributed by atoms with Gasteiger partial charge in [-0.25, -0.2) is 4.98 Å². The van der Waals surface area contributed by atoms with E-state index in [4.69, 9.17) is 15.0 Å². The van der Waals surface area contributed by atoms with E-state index >= 15 is 0 Å². The maximum atomic E-state index is 5.30. The van der Waals surface area contributed by atoms with Crippen molar-refractivity contribution >= 4 is 43.6 Å². The van der Waals surface area contributed by atoms with Gasteiger partial charge in [-0.15, -0.1) is 0 Å². The molecule has 0 spiro atoms. The highest BCUT2D eigenvalue weighted by Gasteiger charge is 2.23. The van der Waals surface area contributed by atoms with Gasteiger partial charge in [0.15, 0.2) is 11.6 Å². The van der Waals surface area contributed by atoms with Gasteiger partial charge in [-0.3, -0.25) is 4.57 Å². The molecular formula is C53H37N5. The van der Waals surface area contributed by atoms with Crippen molar-refractivity contribution in [3.63, 3.8) is 0 Å².